The molecule has 1 unspecified atom stereocenters. The van der Waals surface area contributed by atoms with Gasteiger partial charge < -0.3 is 19.5 Å². The summed E-state index contributed by atoms with van der Waals surface area (Å²) in [5, 5.41) is 7.42. The van der Waals surface area contributed by atoms with Crippen molar-refractivity contribution in [1.29, 1.82) is 0 Å². The number of amides is 1. The van der Waals surface area contributed by atoms with E-state index >= 15 is 0 Å². The summed E-state index contributed by atoms with van der Waals surface area (Å²) in [5.74, 6) is -1.95. The number of hydrogen-bond donors (Lipinski definition) is 1. The standard InChI is InChI=1S/C30H25N3O6S.C2H4O2/c1-5-15-32-22-10-8-7-9-21(22)24(27(32)35)26-28(36)33-25(19-11-13-20(14-12-19)39-18(4)34)23(29(37)38-16-6-2)17(3)31-30(33)40-26;1-2(3)4/h5-14,25H,1-2,15-16H2,3-4H3;1H3,(H,3,4)/b26-24-;. The highest BCUT2D eigenvalue weighted by atomic mass is 32.1. The lowest BCUT2D eigenvalue weighted by Gasteiger charge is -2.24. The largest absolute Gasteiger partial charge is 0.481 e. The zero-order chi connectivity index (χ0) is 32.1. The van der Waals surface area contributed by atoms with Gasteiger partial charge in [0.1, 0.15) is 16.9 Å². The van der Waals surface area contributed by atoms with Crippen molar-refractivity contribution in [2.24, 2.45) is 4.99 Å². The number of fused-ring (bicyclic) bond motifs is 2. The Bertz CT molecular complexity index is 1900. The second-order valence-corrected chi connectivity index (χ2v) is 10.5. The van der Waals surface area contributed by atoms with Crippen LogP contribution in [0.1, 0.15) is 37.9 Å². The zero-order valence-corrected chi connectivity index (χ0v) is 25.1. The third-order valence-corrected chi connectivity index (χ3v) is 7.52. The maximum absolute atomic E-state index is 14.1. The summed E-state index contributed by atoms with van der Waals surface area (Å²) in [5.41, 5.74) is 2.28. The molecule has 1 N–H and O–H groups in total. The van der Waals surface area contributed by atoms with Gasteiger partial charge in [-0.25, -0.2) is 9.79 Å². The summed E-state index contributed by atoms with van der Waals surface area (Å²) in [6.07, 6.45) is 3.08. The van der Waals surface area contributed by atoms with Crippen LogP contribution in [-0.4, -0.2) is 46.6 Å². The maximum atomic E-state index is 14.1. The fraction of sp³-hybridized carbons (Fsp3) is 0.188. The van der Waals surface area contributed by atoms with Crippen molar-refractivity contribution in [2.45, 2.75) is 26.8 Å². The molecule has 0 spiro atoms. The monoisotopic (exact) mass is 615 g/mol. The molecule has 226 valence electrons. The number of esters is 2. The molecule has 11 nitrogen and oxygen atoms in total. The van der Waals surface area contributed by atoms with Crippen LogP contribution in [0, 0.1) is 0 Å². The van der Waals surface area contributed by atoms with E-state index in [2.05, 4.69) is 18.2 Å². The van der Waals surface area contributed by atoms with Gasteiger partial charge in [-0.15, -0.1) is 6.58 Å². The molecule has 5 rings (SSSR count). The molecule has 12 heteroatoms. The van der Waals surface area contributed by atoms with Gasteiger partial charge in [0.25, 0.3) is 17.4 Å². The molecule has 3 heterocycles. The molecule has 1 atom stereocenters. The Labute approximate surface area is 256 Å². The summed E-state index contributed by atoms with van der Waals surface area (Å²) in [6, 6.07) is 12.9. The average molecular weight is 616 g/mol. The predicted molar refractivity (Wildman–Crippen MR) is 164 cm³/mol. The van der Waals surface area contributed by atoms with E-state index in [1.54, 1.807) is 48.2 Å². The molecule has 1 aromatic heterocycles. The Kier molecular flexibility index (Phi) is 9.54. The fourth-order valence-electron chi connectivity index (χ4n) is 4.85. The van der Waals surface area contributed by atoms with E-state index in [-0.39, 0.29) is 34.7 Å². The smallest absolute Gasteiger partial charge is 0.338 e. The number of aliphatic carboxylic acids is 1. The number of anilines is 1. The molecule has 0 saturated carbocycles. The molecule has 44 heavy (non-hydrogen) atoms. The van der Waals surface area contributed by atoms with Crippen LogP contribution in [0.3, 0.4) is 0 Å². The molecule has 0 fully saturated rings. The van der Waals surface area contributed by atoms with Crippen molar-refractivity contribution >= 4 is 46.4 Å². The molecule has 3 aromatic rings. The minimum atomic E-state index is -0.898. The summed E-state index contributed by atoms with van der Waals surface area (Å²) >= 11 is 1.09. The van der Waals surface area contributed by atoms with Gasteiger partial charge in [0.2, 0.25) is 0 Å². The quantitative estimate of drug-likeness (QED) is 0.243. The number of nitrogens with zero attached hydrogens (tertiary/aromatic N) is 3. The second kappa shape index (κ2) is 13.3. The van der Waals surface area contributed by atoms with Crippen molar-refractivity contribution in [3.63, 3.8) is 0 Å². The molecule has 0 saturated heterocycles. The third-order valence-electron chi connectivity index (χ3n) is 6.47. The number of carbonyl (C=O) groups is 4. The molecular weight excluding hydrogens is 586 g/mol. The fourth-order valence-corrected chi connectivity index (χ4v) is 5.99. The van der Waals surface area contributed by atoms with E-state index in [1.807, 2.05) is 18.2 Å². The summed E-state index contributed by atoms with van der Waals surface area (Å²) in [7, 11) is 0. The van der Waals surface area contributed by atoms with Crippen LogP contribution in [-0.2, 0) is 23.9 Å². The lowest BCUT2D eigenvalue weighted by Crippen LogP contribution is -2.41. The Morgan fingerprint density at radius 3 is 2.32 bits per heavy atom. The molecule has 0 radical (unpaired) electrons. The Balaban J connectivity index is 0.00000104. The first-order chi connectivity index (χ1) is 21.0. The van der Waals surface area contributed by atoms with E-state index in [4.69, 9.17) is 19.4 Å². The zero-order valence-electron chi connectivity index (χ0n) is 24.2. The molecule has 0 aliphatic carbocycles. The predicted octanol–water partition coefficient (Wildman–Crippen LogP) is 2.88. The third kappa shape index (κ3) is 6.20. The Hall–Kier alpha value is -5.36. The number of carbonyl (C=O) groups excluding carboxylic acids is 3. The van der Waals surface area contributed by atoms with Crippen molar-refractivity contribution in [1.82, 2.24) is 4.57 Å². The van der Waals surface area contributed by atoms with Gasteiger partial charge in [0.15, 0.2) is 4.80 Å². The molecule has 1 amide bonds. The Morgan fingerprint density at radius 2 is 1.70 bits per heavy atom. The number of hydrogen-bond acceptors (Lipinski definition) is 9. The first-order valence-corrected chi connectivity index (χ1v) is 14.1. The van der Waals surface area contributed by atoms with Crippen LogP contribution in [0.25, 0.3) is 5.57 Å². The van der Waals surface area contributed by atoms with E-state index in [1.165, 1.54) is 17.6 Å². The SMILES string of the molecule is C=CCOC(=O)C1=C(C)N=c2s/c(=C3\C(=O)N(CC=C)c4ccccc43)c(=O)n2C1c1ccc(OC(C)=O)cc1.CC(=O)O. The molecule has 2 aliphatic rings. The van der Waals surface area contributed by atoms with Crippen LogP contribution in [0.5, 0.6) is 5.75 Å². The van der Waals surface area contributed by atoms with Crippen LogP contribution in [0.2, 0.25) is 0 Å². The van der Waals surface area contributed by atoms with Crippen molar-refractivity contribution < 1.29 is 33.8 Å². The van der Waals surface area contributed by atoms with E-state index in [9.17, 15) is 19.2 Å². The van der Waals surface area contributed by atoms with Crippen LogP contribution >= 0.6 is 11.3 Å². The molecule has 2 aliphatic heterocycles. The number of carboxylic acid groups (broad SMARTS) is 1. The first-order valence-electron chi connectivity index (χ1n) is 13.3. The van der Waals surface area contributed by atoms with Gasteiger partial charge in [0.05, 0.1) is 28.6 Å². The highest BCUT2D eigenvalue weighted by Gasteiger charge is 2.37. The maximum Gasteiger partial charge on any atom is 0.338 e. The number of carboxylic acids is 1. The van der Waals surface area contributed by atoms with Crippen LogP contribution in [0.15, 0.2) is 94.9 Å². The lowest BCUT2D eigenvalue weighted by atomic mass is 9.96. The number of para-hydroxylation sites is 1. The summed E-state index contributed by atoms with van der Waals surface area (Å²) in [6.45, 7) is 11.7. The molecule has 2 aromatic carbocycles. The van der Waals surface area contributed by atoms with Crippen LogP contribution in [0.4, 0.5) is 5.69 Å². The van der Waals surface area contributed by atoms with Gasteiger partial charge >= 0.3 is 11.9 Å². The normalized spacial score (nSPS) is 16.1. The summed E-state index contributed by atoms with van der Waals surface area (Å²) < 4.78 is 12.2. The number of rotatable bonds is 7. The first kappa shape index (κ1) is 31.6. The number of ether oxygens (including phenoxy) is 2. The van der Waals surface area contributed by atoms with Gasteiger partial charge in [-0.2, -0.15) is 0 Å². The van der Waals surface area contributed by atoms with E-state index in [0.29, 0.717) is 33.1 Å². The minimum Gasteiger partial charge on any atom is -0.481 e. The number of allylic oxidation sites excluding steroid dienone is 1. The topological polar surface area (TPSA) is 145 Å². The highest BCUT2D eigenvalue weighted by molar-refractivity contribution is 7.07. The minimum absolute atomic E-state index is 0.0211. The average Bonchev–Trinajstić information content (AvgIpc) is 3.43. The number of thiazole rings is 1. The summed E-state index contributed by atoms with van der Waals surface area (Å²) in [4.78, 5) is 67.9. The van der Waals surface area contributed by atoms with Crippen LogP contribution < -0.4 is 24.5 Å². The van der Waals surface area contributed by atoms with Crippen molar-refractivity contribution in [2.75, 3.05) is 18.1 Å². The van der Waals surface area contributed by atoms with Gasteiger partial charge in [-0.05, 0) is 30.7 Å². The number of aromatic nitrogens is 1. The second-order valence-electron chi connectivity index (χ2n) is 9.57. The van der Waals surface area contributed by atoms with E-state index in [0.717, 1.165) is 18.3 Å². The van der Waals surface area contributed by atoms with Gasteiger partial charge in [0, 0.05) is 26.0 Å². The van der Waals surface area contributed by atoms with Crippen molar-refractivity contribution in [3.05, 3.63) is 116 Å². The molecule has 0 bridgehead atoms. The number of benzene rings is 2. The van der Waals surface area contributed by atoms with E-state index < -0.39 is 29.5 Å². The van der Waals surface area contributed by atoms with Gasteiger partial charge in [-0.1, -0.05) is 60.4 Å². The van der Waals surface area contributed by atoms with Crippen molar-refractivity contribution in [3.8, 4) is 5.75 Å². The molecular formula is C32H29N3O8S. The highest BCUT2D eigenvalue weighted by Crippen LogP contribution is 2.35. The Morgan fingerprint density at radius 1 is 1.05 bits per heavy atom. The van der Waals surface area contributed by atoms with Gasteiger partial charge in [-0.3, -0.25) is 23.7 Å². The lowest BCUT2D eigenvalue weighted by molar-refractivity contribution is -0.138.